The van der Waals surface area contributed by atoms with Crippen LogP contribution in [0.2, 0.25) is 0 Å². The zero-order valence-corrected chi connectivity index (χ0v) is 13.0. The van der Waals surface area contributed by atoms with Crippen LogP contribution in [0.15, 0.2) is 36.7 Å². The Morgan fingerprint density at radius 2 is 2.00 bits per heavy atom. The molecule has 1 heterocycles. The lowest BCUT2D eigenvalue weighted by Crippen LogP contribution is -2.10. The second-order valence-electron chi connectivity index (χ2n) is 5.27. The summed E-state index contributed by atoms with van der Waals surface area (Å²) in [5.74, 6) is 2.47. The second kappa shape index (κ2) is 7.84. The summed E-state index contributed by atoms with van der Waals surface area (Å²) in [6.45, 7) is 2.96. The lowest BCUT2D eigenvalue weighted by molar-refractivity contribution is 0.414. The molecule has 1 aromatic carbocycles. The van der Waals surface area contributed by atoms with Gasteiger partial charge in [-0.05, 0) is 50.1 Å². The van der Waals surface area contributed by atoms with Crippen molar-refractivity contribution in [3.63, 3.8) is 0 Å². The Morgan fingerprint density at radius 1 is 1.24 bits per heavy atom. The van der Waals surface area contributed by atoms with Gasteiger partial charge < -0.3 is 15.0 Å². The third-order valence-electron chi connectivity index (χ3n) is 3.78. The number of benzene rings is 1. The van der Waals surface area contributed by atoms with Gasteiger partial charge in [0.2, 0.25) is 0 Å². The summed E-state index contributed by atoms with van der Waals surface area (Å²) in [5.41, 5.74) is 6.79. The number of imidazole rings is 1. The van der Waals surface area contributed by atoms with E-state index in [4.69, 9.17) is 10.5 Å². The Morgan fingerprint density at radius 3 is 2.62 bits per heavy atom. The summed E-state index contributed by atoms with van der Waals surface area (Å²) < 4.78 is 7.39. The van der Waals surface area contributed by atoms with Crippen molar-refractivity contribution in [1.29, 1.82) is 0 Å². The first-order valence-electron chi connectivity index (χ1n) is 7.67. The van der Waals surface area contributed by atoms with E-state index in [2.05, 4.69) is 28.6 Å². The molecule has 21 heavy (non-hydrogen) atoms. The highest BCUT2D eigenvalue weighted by Crippen LogP contribution is 2.27. The highest BCUT2D eigenvalue weighted by atomic mass is 16.5. The van der Waals surface area contributed by atoms with Crippen molar-refractivity contribution < 1.29 is 4.74 Å². The van der Waals surface area contributed by atoms with Gasteiger partial charge in [-0.2, -0.15) is 0 Å². The molecule has 0 spiro atoms. The van der Waals surface area contributed by atoms with E-state index < -0.39 is 0 Å². The third kappa shape index (κ3) is 3.85. The molecule has 1 atom stereocenters. The molecule has 1 aromatic heterocycles. The number of methoxy groups -OCH3 is 1. The fourth-order valence-corrected chi connectivity index (χ4v) is 2.69. The molecule has 4 heteroatoms. The molecule has 2 aromatic rings. The fraction of sp³-hybridized carbons (Fsp3) is 0.471. The molecule has 2 rings (SSSR count). The maximum atomic E-state index is 5.67. The Labute approximate surface area is 127 Å². The minimum Gasteiger partial charge on any atom is -0.497 e. The van der Waals surface area contributed by atoms with Crippen LogP contribution in [0, 0.1) is 0 Å². The van der Waals surface area contributed by atoms with Crippen LogP contribution < -0.4 is 10.5 Å². The molecule has 114 valence electrons. The van der Waals surface area contributed by atoms with Crippen LogP contribution in [0.25, 0.3) is 5.69 Å². The summed E-state index contributed by atoms with van der Waals surface area (Å²) in [6, 6.07) is 8.09. The Kier molecular flexibility index (Phi) is 5.81. The van der Waals surface area contributed by atoms with Gasteiger partial charge in [-0.3, -0.25) is 0 Å². The molecule has 0 saturated carbocycles. The summed E-state index contributed by atoms with van der Waals surface area (Å²) in [6.07, 6.45) is 8.35. The fourth-order valence-electron chi connectivity index (χ4n) is 2.69. The summed E-state index contributed by atoms with van der Waals surface area (Å²) in [7, 11) is 1.68. The second-order valence-corrected chi connectivity index (χ2v) is 5.27. The van der Waals surface area contributed by atoms with E-state index in [1.165, 1.54) is 0 Å². The molecule has 0 radical (unpaired) electrons. The molecule has 1 unspecified atom stereocenters. The monoisotopic (exact) mass is 287 g/mol. The van der Waals surface area contributed by atoms with Crippen LogP contribution in [0.4, 0.5) is 0 Å². The van der Waals surface area contributed by atoms with Crippen LogP contribution in [0.3, 0.4) is 0 Å². The van der Waals surface area contributed by atoms with Gasteiger partial charge in [-0.1, -0.05) is 13.3 Å². The van der Waals surface area contributed by atoms with Crippen molar-refractivity contribution in [3.8, 4) is 11.4 Å². The zero-order valence-electron chi connectivity index (χ0n) is 13.0. The van der Waals surface area contributed by atoms with Crippen molar-refractivity contribution in [2.24, 2.45) is 5.73 Å². The lowest BCUT2D eigenvalue weighted by Gasteiger charge is -2.17. The SMILES string of the molecule is CCCC(CCCN)c1nccn1-c1ccc(OC)cc1. The maximum absolute atomic E-state index is 5.67. The molecule has 0 saturated heterocycles. The molecule has 2 N–H and O–H groups in total. The Hall–Kier alpha value is -1.81. The van der Waals surface area contributed by atoms with Crippen LogP contribution in [0.5, 0.6) is 5.75 Å². The molecule has 0 amide bonds. The molecular formula is C17H25N3O. The van der Waals surface area contributed by atoms with E-state index in [0.29, 0.717) is 5.92 Å². The topological polar surface area (TPSA) is 53.1 Å². The molecule has 0 aliphatic rings. The smallest absolute Gasteiger partial charge is 0.119 e. The number of hydrogen-bond acceptors (Lipinski definition) is 3. The van der Waals surface area contributed by atoms with Crippen molar-refractivity contribution in [3.05, 3.63) is 42.5 Å². The molecule has 0 fully saturated rings. The first kappa shape index (κ1) is 15.6. The molecule has 0 aliphatic heterocycles. The first-order valence-corrected chi connectivity index (χ1v) is 7.67. The lowest BCUT2D eigenvalue weighted by atomic mass is 9.97. The molecule has 0 aliphatic carbocycles. The van der Waals surface area contributed by atoms with Crippen LogP contribution >= 0.6 is 0 Å². The minimum absolute atomic E-state index is 0.468. The highest BCUT2D eigenvalue weighted by Gasteiger charge is 2.16. The van der Waals surface area contributed by atoms with Crippen molar-refractivity contribution in [2.75, 3.05) is 13.7 Å². The van der Waals surface area contributed by atoms with Gasteiger partial charge in [0.25, 0.3) is 0 Å². The molecule has 4 nitrogen and oxygen atoms in total. The van der Waals surface area contributed by atoms with E-state index in [-0.39, 0.29) is 0 Å². The zero-order chi connectivity index (χ0) is 15.1. The van der Waals surface area contributed by atoms with Crippen LogP contribution in [0.1, 0.15) is 44.3 Å². The predicted octanol–water partition coefficient (Wildman–Crippen LogP) is 3.50. The third-order valence-corrected chi connectivity index (χ3v) is 3.78. The van der Waals surface area contributed by atoms with Gasteiger partial charge >= 0.3 is 0 Å². The van der Waals surface area contributed by atoms with Gasteiger partial charge in [0.15, 0.2) is 0 Å². The van der Waals surface area contributed by atoms with E-state index in [9.17, 15) is 0 Å². The van der Waals surface area contributed by atoms with Crippen molar-refractivity contribution in [1.82, 2.24) is 9.55 Å². The maximum Gasteiger partial charge on any atom is 0.119 e. The van der Waals surface area contributed by atoms with Gasteiger partial charge in [-0.25, -0.2) is 4.98 Å². The molecule has 0 bridgehead atoms. The number of hydrogen-bond donors (Lipinski definition) is 1. The average Bonchev–Trinajstić information content (AvgIpc) is 3.01. The van der Waals surface area contributed by atoms with E-state index >= 15 is 0 Å². The van der Waals surface area contributed by atoms with Crippen LogP contribution in [-0.2, 0) is 0 Å². The quantitative estimate of drug-likeness (QED) is 0.808. The normalized spacial score (nSPS) is 12.3. The minimum atomic E-state index is 0.468. The van der Waals surface area contributed by atoms with Crippen molar-refractivity contribution >= 4 is 0 Å². The average molecular weight is 287 g/mol. The van der Waals surface area contributed by atoms with Gasteiger partial charge in [-0.15, -0.1) is 0 Å². The van der Waals surface area contributed by atoms with Crippen LogP contribution in [-0.4, -0.2) is 23.2 Å². The number of nitrogens with two attached hydrogens (primary N) is 1. The summed E-state index contributed by atoms with van der Waals surface area (Å²) in [4.78, 5) is 4.60. The van der Waals surface area contributed by atoms with E-state index in [1.807, 2.05) is 24.5 Å². The van der Waals surface area contributed by atoms with E-state index in [1.54, 1.807) is 7.11 Å². The standard InChI is InChI=1S/C17H25N3O/c1-3-5-14(6-4-11-18)17-19-12-13-20(17)15-7-9-16(21-2)10-8-15/h7-10,12-14H,3-6,11,18H2,1-2H3. The summed E-state index contributed by atoms with van der Waals surface area (Å²) in [5, 5.41) is 0. The van der Waals surface area contributed by atoms with Gasteiger partial charge in [0.1, 0.15) is 11.6 Å². The summed E-state index contributed by atoms with van der Waals surface area (Å²) >= 11 is 0. The van der Waals surface area contributed by atoms with E-state index in [0.717, 1.165) is 49.5 Å². The van der Waals surface area contributed by atoms with Crippen molar-refractivity contribution in [2.45, 2.75) is 38.5 Å². The number of aromatic nitrogens is 2. The largest absolute Gasteiger partial charge is 0.497 e. The number of ether oxygens (including phenoxy) is 1. The number of rotatable bonds is 8. The Balaban J connectivity index is 2.26. The van der Waals surface area contributed by atoms with Gasteiger partial charge in [0, 0.05) is 24.0 Å². The predicted molar refractivity (Wildman–Crippen MR) is 86.1 cm³/mol. The van der Waals surface area contributed by atoms with Gasteiger partial charge in [0.05, 0.1) is 7.11 Å². The number of nitrogens with zero attached hydrogens (tertiary/aromatic N) is 2. The first-order chi connectivity index (χ1) is 10.3. The molecular weight excluding hydrogens is 262 g/mol. The highest BCUT2D eigenvalue weighted by molar-refractivity contribution is 5.38. The Bertz CT molecular complexity index is 533.